The Morgan fingerprint density at radius 2 is 0.871 bits per heavy atom. The van der Waals surface area contributed by atoms with E-state index in [1.807, 2.05) is 6.92 Å². The predicted octanol–water partition coefficient (Wildman–Crippen LogP) is 5.85. The van der Waals surface area contributed by atoms with Crippen LogP contribution in [0.15, 0.2) is 91.0 Å². The van der Waals surface area contributed by atoms with Crippen molar-refractivity contribution in [1.82, 2.24) is 0 Å². The van der Waals surface area contributed by atoms with Gasteiger partial charge in [-0.25, -0.2) is 0 Å². The van der Waals surface area contributed by atoms with Crippen LogP contribution in [0.1, 0.15) is 27.8 Å². The van der Waals surface area contributed by atoms with Gasteiger partial charge in [0.15, 0.2) is 0 Å². The van der Waals surface area contributed by atoms with Crippen molar-refractivity contribution < 1.29 is 5.11 Å². The summed E-state index contributed by atoms with van der Waals surface area (Å²) in [7, 11) is -2.45. The molecule has 0 spiro atoms. The van der Waals surface area contributed by atoms with E-state index in [4.69, 9.17) is 0 Å². The molecule has 0 heterocycles. The number of benzene rings is 4. The SMILES string of the molecule is Cc1c(C)c(C)c(C[PH](c2ccccc2)(c2ccccc2)c2ccccc2)c(O)c1C. The van der Waals surface area contributed by atoms with Crippen molar-refractivity contribution in [1.29, 1.82) is 0 Å². The van der Waals surface area contributed by atoms with Gasteiger partial charge < -0.3 is 0 Å². The quantitative estimate of drug-likeness (QED) is 0.397. The molecule has 0 saturated carbocycles. The van der Waals surface area contributed by atoms with Crippen molar-refractivity contribution in [3.05, 3.63) is 119 Å². The molecule has 158 valence electrons. The van der Waals surface area contributed by atoms with Crippen LogP contribution in [0.5, 0.6) is 5.75 Å². The van der Waals surface area contributed by atoms with Gasteiger partial charge in [-0.15, -0.1) is 0 Å². The molecule has 0 amide bonds. The molecule has 1 nitrogen and oxygen atoms in total. The Labute approximate surface area is 186 Å². The van der Waals surface area contributed by atoms with Crippen molar-refractivity contribution >= 4 is 23.2 Å². The minimum atomic E-state index is -2.45. The second-order valence-corrected chi connectivity index (χ2v) is 12.4. The van der Waals surface area contributed by atoms with E-state index >= 15 is 0 Å². The number of hydrogen-bond donors (Lipinski definition) is 1. The summed E-state index contributed by atoms with van der Waals surface area (Å²) < 4.78 is 0. The molecule has 2 heteroatoms. The Kier molecular flexibility index (Phi) is 5.99. The molecular formula is C29H31OP. The Hall–Kier alpha value is -2.89. The molecule has 4 aromatic rings. The van der Waals surface area contributed by atoms with E-state index in [2.05, 4.69) is 112 Å². The summed E-state index contributed by atoms with van der Waals surface area (Å²) in [6, 6.07) is 32.7. The molecule has 0 bridgehead atoms. The van der Waals surface area contributed by atoms with Gasteiger partial charge in [0, 0.05) is 0 Å². The van der Waals surface area contributed by atoms with E-state index in [1.54, 1.807) is 0 Å². The van der Waals surface area contributed by atoms with Crippen LogP contribution in [0.3, 0.4) is 0 Å². The molecule has 0 unspecified atom stereocenters. The Bertz CT molecular complexity index is 1060. The fraction of sp³-hybridized carbons (Fsp3) is 0.172. The first kappa shape index (κ1) is 21.3. The van der Waals surface area contributed by atoms with E-state index in [0.29, 0.717) is 5.75 Å². The van der Waals surface area contributed by atoms with Crippen LogP contribution in [0, 0.1) is 27.7 Å². The normalized spacial score (nSPS) is 12.0. The molecule has 0 radical (unpaired) electrons. The average Bonchev–Trinajstić information content (AvgIpc) is 2.83. The first-order chi connectivity index (χ1) is 15.0. The number of phenols is 1. The van der Waals surface area contributed by atoms with Crippen LogP contribution in [0.2, 0.25) is 0 Å². The third-order valence-corrected chi connectivity index (χ3v) is 11.9. The second kappa shape index (κ2) is 8.69. The summed E-state index contributed by atoms with van der Waals surface area (Å²) in [5, 5.41) is 15.4. The van der Waals surface area contributed by atoms with Gasteiger partial charge in [0.25, 0.3) is 0 Å². The van der Waals surface area contributed by atoms with Gasteiger partial charge in [0.2, 0.25) is 0 Å². The van der Waals surface area contributed by atoms with Gasteiger partial charge in [0.1, 0.15) is 0 Å². The standard InChI is InChI=1S/C29H31OP/c1-21-22(2)24(4)29(30)28(23(21)3)20-31(25-14-8-5-9-15-25,26-16-10-6-11-17-26)27-18-12-7-13-19-27/h5-19,30-31H,20H2,1-4H3. The van der Waals surface area contributed by atoms with Crippen molar-refractivity contribution in [3.8, 4) is 5.75 Å². The maximum atomic E-state index is 11.3. The van der Waals surface area contributed by atoms with E-state index in [0.717, 1.165) is 17.3 Å². The molecule has 0 aliphatic carbocycles. The van der Waals surface area contributed by atoms with Crippen LogP contribution in [-0.2, 0) is 6.16 Å². The monoisotopic (exact) mass is 426 g/mol. The summed E-state index contributed by atoms with van der Waals surface area (Å²) >= 11 is 0. The van der Waals surface area contributed by atoms with E-state index in [9.17, 15) is 5.11 Å². The number of hydrogen-bond acceptors (Lipinski definition) is 1. The Morgan fingerprint density at radius 3 is 1.26 bits per heavy atom. The zero-order valence-electron chi connectivity index (χ0n) is 18.8. The molecular weight excluding hydrogens is 395 g/mol. The summed E-state index contributed by atoms with van der Waals surface area (Å²) in [4.78, 5) is 0. The van der Waals surface area contributed by atoms with Gasteiger partial charge in [-0.1, -0.05) is 0 Å². The number of rotatable bonds is 5. The van der Waals surface area contributed by atoms with Crippen LogP contribution in [-0.4, -0.2) is 5.11 Å². The first-order valence-corrected chi connectivity index (χ1v) is 13.1. The molecule has 0 atom stereocenters. The van der Waals surface area contributed by atoms with Crippen molar-refractivity contribution in [3.63, 3.8) is 0 Å². The zero-order chi connectivity index (χ0) is 22.0. The van der Waals surface area contributed by atoms with Crippen molar-refractivity contribution in [2.45, 2.75) is 33.9 Å². The first-order valence-electron chi connectivity index (χ1n) is 10.9. The van der Waals surface area contributed by atoms with Crippen LogP contribution in [0.4, 0.5) is 0 Å². The van der Waals surface area contributed by atoms with E-state index < -0.39 is 7.26 Å². The molecule has 0 aliphatic heterocycles. The molecule has 1 N–H and O–H groups in total. The molecule has 0 saturated heterocycles. The summed E-state index contributed by atoms with van der Waals surface area (Å²) in [5.74, 6) is 0.459. The maximum absolute atomic E-state index is 11.3. The number of phenolic OH excluding ortho intramolecular Hbond substituents is 1. The van der Waals surface area contributed by atoms with Crippen molar-refractivity contribution in [2.75, 3.05) is 0 Å². The van der Waals surface area contributed by atoms with Gasteiger partial charge in [-0.2, -0.15) is 0 Å². The third-order valence-electron chi connectivity index (χ3n) is 7.02. The third kappa shape index (κ3) is 3.68. The molecule has 31 heavy (non-hydrogen) atoms. The fourth-order valence-corrected chi connectivity index (χ4v) is 9.69. The Balaban J connectivity index is 2.08. The van der Waals surface area contributed by atoms with Crippen LogP contribution < -0.4 is 15.9 Å². The van der Waals surface area contributed by atoms with E-state index in [-0.39, 0.29) is 0 Å². The van der Waals surface area contributed by atoms with Crippen LogP contribution >= 0.6 is 7.26 Å². The summed E-state index contributed by atoms with van der Waals surface area (Å²) in [6.07, 6.45) is 0.824. The topological polar surface area (TPSA) is 20.2 Å². The van der Waals surface area contributed by atoms with Gasteiger partial charge in [-0.05, 0) is 0 Å². The molecule has 4 aromatic carbocycles. The molecule has 0 aliphatic rings. The fourth-order valence-electron chi connectivity index (χ4n) is 4.83. The zero-order valence-corrected chi connectivity index (χ0v) is 19.8. The molecule has 0 fully saturated rings. The summed E-state index contributed by atoms with van der Waals surface area (Å²) in [5.41, 5.74) is 5.76. The van der Waals surface area contributed by atoms with Gasteiger partial charge in [0.05, 0.1) is 0 Å². The predicted molar refractivity (Wildman–Crippen MR) is 137 cm³/mol. The summed E-state index contributed by atoms with van der Waals surface area (Å²) in [6.45, 7) is 8.49. The average molecular weight is 427 g/mol. The molecule has 4 rings (SSSR count). The molecule has 0 aromatic heterocycles. The number of aromatic hydroxyl groups is 1. The minimum absolute atomic E-state index is 0.459. The Morgan fingerprint density at radius 1 is 0.516 bits per heavy atom. The van der Waals surface area contributed by atoms with Gasteiger partial charge in [-0.3, -0.25) is 0 Å². The van der Waals surface area contributed by atoms with Gasteiger partial charge >= 0.3 is 187 Å². The van der Waals surface area contributed by atoms with E-state index in [1.165, 1.54) is 32.6 Å². The van der Waals surface area contributed by atoms with Crippen LogP contribution in [0.25, 0.3) is 0 Å². The van der Waals surface area contributed by atoms with Crippen molar-refractivity contribution in [2.24, 2.45) is 0 Å². The second-order valence-electron chi connectivity index (χ2n) is 8.51.